The molecule has 0 saturated heterocycles. The number of rotatable bonds is 3. The summed E-state index contributed by atoms with van der Waals surface area (Å²) >= 11 is 0. The molecule has 21 heavy (non-hydrogen) atoms. The smallest absolute Gasteiger partial charge is 0.273 e. The summed E-state index contributed by atoms with van der Waals surface area (Å²) in [6.07, 6.45) is 1.44. The summed E-state index contributed by atoms with van der Waals surface area (Å²) in [7, 11) is 0. The topological polar surface area (TPSA) is 133 Å². The number of nitrogen functional groups attached to an aromatic ring is 1. The van der Waals surface area contributed by atoms with E-state index in [4.69, 9.17) is 10.5 Å². The van der Waals surface area contributed by atoms with Gasteiger partial charge in [-0.2, -0.15) is 9.97 Å². The Morgan fingerprint density at radius 3 is 2.95 bits per heavy atom. The number of nitro groups is 1. The molecule has 3 aromatic rings. The number of nitrogens with two attached hydrogens (primary N) is 1. The minimum Gasteiger partial charge on any atom is -0.436 e. The van der Waals surface area contributed by atoms with Crippen LogP contribution in [0.3, 0.4) is 0 Å². The number of H-pyrrole nitrogens is 1. The molecule has 3 N–H and O–H groups in total. The molecule has 9 heteroatoms. The van der Waals surface area contributed by atoms with Crippen LogP contribution < -0.4 is 10.5 Å². The zero-order valence-corrected chi connectivity index (χ0v) is 10.9. The van der Waals surface area contributed by atoms with Gasteiger partial charge in [-0.25, -0.2) is 4.98 Å². The van der Waals surface area contributed by atoms with E-state index in [-0.39, 0.29) is 17.5 Å². The average molecular weight is 286 g/mol. The molecule has 0 radical (unpaired) electrons. The van der Waals surface area contributed by atoms with Crippen LogP contribution in [0.15, 0.2) is 24.5 Å². The molecule has 3 rings (SSSR count). The lowest BCUT2D eigenvalue weighted by atomic mass is 10.2. The van der Waals surface area contributed by atoms with E-state index in [2.05, 4.69) is 19.9 Å². The van der Waals surface area contributed by atoms with Crippen LogP contribution in [0.5, 0.6) is 11.6 Å². The number of anilines is 1. The number of hydrogen-bond acceptors (Lipinski definition) is 7. The van der Waals surface area contributed by atoms with Crippen molar-refractivity contribution in [1.29, 1.82) is 0 Å². The Hall–Kier alpha value is -3.23. The highest BCUT2D eigenvalue weighted by atomic mass is 16.6. The molecule has 0 saturated carbocycles. The Morgan fingerprint density at radius 1 is 1.38 bits per heavy atom. The normalized spacial score (nSPS) is 10.7. The number of aromatic amines is 1. The first kappa shape index (κ1) is 12.8. The highest BCUT2D eigenvalue weighted by molar-refractivity contribution is 5.77. The van der Waals surface area contributed by atoms with Crippen molar-refractivity contribution in [1.82, 2.24) is 19.9 Å². The number of nitrogens with zero attached hydrogens (tertiary/aromatic N) is 4. The maximum absolute atomic E-state index is 10.8. The van der Waals surface area contributed by atoms with Crippen molar-refractivity contribution in [2.75, 3.05) is 5.73 Å². The summed E-state index contributed by atoms with van der Waals surface area (Å²) in [5.74, 6) is 0.490. The van der Waals surface area contributed by atoms with Crippen molar-refractivity contribution in [2.24, 2.45) is 0 Å². The first-order valence-corrected chi connectivity index (χ1v) is 5.94. The number of fused-ring (bicyclic) bond motifs is 1. The zero-order chi connectivity index (χ0) is 15.0. The summed E-state index contributed by atoms with van der Waals surface area (Å²) in [6, 6.07) is 4.33. The van der Waals surface area contributed by atoms with E-state index in [9.17, 15) is 10.1 Å². The van der Waals surface area contributed by atoms with Crippen LogP contribution in [0.4, 0.5) is 11.6 Å². The van der Waals surface area contributed by atoms with Gasteiger partial charge in [0.15, 0.2) is 5.65 Å². The Morgan fingerprint density at radius 2 is 2.19 bits per heavy atom. The zero-order valence-electron chi connectivity index (χ0n) is 10.9. The second-order valence-corrected chi connectivity index (χ2v) is 4.30. The molecule has 0 aliphatic rings. The number of nitro benzene ring substituents is 1. The van der Waals surface area contributed by atoms with Crippen LogP contribution in [-0.4, -0.2) is 24.9 Å². The second-order valence-electron chi connectivity index (χ2n) is 4.30. The fraction of sp³-hybridized carbons (Fsp3) is 0.0833. The molecule has 0 spiro atoms. The quantitative estimate of drug-likeness (QED) is 0.555. The number of benzene rings is 1. The van der Waals surface area contributed by atoms with Gasteiger partial charge >= 0.3 is 0 Å². The van der Waals surface area contributed by atoms with E-state index in [0.29, 0.717) is 16.9 Å². The monoisotopic (exact) mass is 286 g/mol. The number of non-ortho nitro benzene ring substituents is 1. The minimum absolute atomic E-state index is 0.00711. The van der Waals surface area contributed by atoms with E-state index in [1.165, 1.54) is 18.5 Å². The van der Waals surface area contributed by atoms with E-state index in [1.54, 1.807) is 13.0 Å². The van der Waals surface area contributed by atoms with Crippen molar-refractivity contribution >= 4 is 22.8 Å². The van der Waals surface area contributed by atoms with Crippen molar-refractivity contribution < 1.29 is 9.66 Å². The number of hydrogen-bond donors (Lipinski definition) is 2. The van der Waals surface area contributed by atoms with Crippen LogP contribution in [0.2, 0.25) is 0 Å². The fourth-order valence-electron chi connectivity index (χ4n) is 1.81. The molecule has 0 amide bonds. The fourth-order valence-corrected chi connectivity index (χ4v) is 1.81. The lowest BCUT2D eigenvalue weighted by Crippen LogP contribution is -1.99. The molecule has 2 aromatic heterocycles. The summed E-state index contributed by atoms with van der Waals surface area (Å²) in [6.45, 7) is 1.77. The van der Waals surface area contributed by atoms with Crippen LogP contribution in [0.25, 0.3) is 11.2 Å². The Bertz CT molecular complexity index is 844. The second kappa shape index (κ2) is 4.71. The predicted octanol–water partition coefficient (Wildman–Crippen LogP) is 1.94. The SMILES string of the molecule is Cc1ccc([N+](=O)[O-])cc1Oc1nc(N)nc2nc[nH]c12. The third kappa shape index (κ3) is 2.31. The number of nitrogens with one attached hydrogen (secondary N) is 1. The van der Waals surface area contributed by atoms with E-state index in [0.717, 1.165) is 5.56 Å². The largest absolute Gasteiger partial charge is 0.436 e. The predicted molar refractivity (Wildman–Crippen MR) is 74.0 cm³/mol. The maximum atomic E-state index is 10.8. The molecule has 0 unspecified atom stereocenters. The maximum Gasteiger partial charge on any atom is 0.273 e. The molecule has 2 heterocycles. The third-order valence-electron chi connectivity index (χ3n) is 2.86. The number of imidazole rings is 1. The molecule has 0 atom stereocenters. The molecule has 0 fully saturated rings. The molecule has 0 aliphatic carbocycles. The summed E-state index contributed by atoms with van der Waals surface area (Å²) in [5, 5.41) is 10.8. The Balaban J connectivity index is 2.08. The molecule has 1 aromatic carbocycles. The summed E-state index contributed by atoms with van der Waals surface area (Å²) in [4.78, 5) is 25.1. The van der Waals surface area contributed by atoms with Gasteiger partial charge in [-0.15, -0.1) is 0 Å². The molecular formula is C12H10N6O3. The van der Waals surface area contributed by atoms with Crippen LogP contribution in [0, 0.1) is 17.0 Å². The first-order chi connectivity index (χ1) is 10.0. The minimum atomic E-state index is -0.494. The van der Waals surface area contributed by atoms with Gasteiger partial charge in [0, 0.05) is 6.07 Å². The van der Waals surface area contributed by atoms with E-state index in [1.807, 2.05) is 0 Å². The highest BCUT2D eigenvalue weighted by Crippen LogP contribution is 2.30. The van der Waals surface area contributed by atoms with Gasteiger partial charge in [0.2, 0.25) is 5.95 Å². The van der Waals surface area contributed by atoms with Gasteiger partial charge in [0.25, 0.3) is 11.6 Å². The van der Waals surface area contributed by atoms with Gasteiger partial charge in [0.1, 0.15) is 11.3 Å². The van der Waals surface area contributed by atoms with Gasteiger partial charge in [-0.1, -0.05) is 0 Å². The van der Waals surface area contributed by atoms with Crippen molar-refractivity contribution in [3.05, 3.63) is 40.2 Å². The van der Waals surface area contributed by atoms with Crippen molar-refractivity contribution in [2.45, 2.75) is 6.92 Å². The molecule has 0 bridgehead atoms. The Labute approximate surface area is 118 Å². The molecule has 9 nitrogen and oxygen atoms in total. The molecule has 106 valence electrons. The van der Waals surface area contributed by atoms with Crippen LogP contribution in [0.1, 0.15) is 5.56 Å². The third-order valence-corrected chi connectivity index (χ3v) is 2.86. The Kier molecular flexibility index (Phi) is 2.87. The standard InChI is InChI=1S/C12H10N6O3/c1-6-2-3-7(18(19)20)4-8(6)21-11-9-10(15-5-14-9)16-12(13)17-11/h2-5H,1H3,(H3,13,14,15,16,17). The number of aryl methyl sites for hydroxylation is 1. The van der Waals surface area contributed by atoms with E-state index >= 15 is 0 Å². The molecular weight excluding hydrogens is 276 g/mol. The van der Waals surface area contributed by atoms with Gasteiger partial charge in [-0.05, 0) is 18.6 Å². The van der Waals surface area contributed by atoms with Gasteiger partial charge in [-0.3, -0.25) is 10.1 Å². The summed E-state index contributed by atoms with van der Waals surface area (Å²) < 4.78 is 5.65. The lowest BCUT2D eigenvalue weighted by Gasteiger charge is -2.08. The van der Waals surface area contributed by atoms with Gasteiger partial charge in [0.05, 0.1) is 17.3 Å². The van der Waals surface area contributed by atoms with Crippen LogP contribution >= 0.6 is 0 Å². The average Bonchev–Trinajstić information content (AvgIpc) is 2.89. The van der Waals surface area contributed by atoms with E-state index < -0.39 is 4.92 Å². The lowest BCUT2D eigenvalue weighted by molar-refractivity contribution is -0.384. The number of aromatic nitrogens is 4. The first-order valence-electron chi connectivity index (χ1n) is 5.94. The van der Waals surface area contributed by atoms with Crippen molar-refractivity contribution in [3.8, 4) is 11.6 Å². The summed E-state index contributed by atoms with van der Waals surface area (Å²) in [5.41, 5.74) is 7.08. The van der Waals surface area contributed by atoms with Crippen molar-refractivity contribution in [3.63, 3.8) is 0 Å². The highest BCUT2D eigenvalue weighted by Gasteiger charge is 2.14. The van der Waals surface area contributed by atoms with Crippen LogP contribution in [-0.2, 0) is 0 Å². The number of ether oxygens (including phenoxy) is 1. The molecule has 0 aliphatic heterocycles. The van der Waals surface area contributed by atoms with Gasteiger partial charge < -0.3 is 15.5 Å².